The summed E-state index contributed by atoms with van der Waals surface area (Å²) in [6, 6.07) is 0. The molecular weight excluding hydrogens is 198 g/mol. The molecule has 1 spiro atoms. The molecule has 2 saturated heterocycles. The van der Waals surface area contributed by atoms with Crippen molar-refractivity contribution < 1.29 is 4.79 Å². The highest BCUT2D eigenvalue weighted by molar-refractivity contribution is 8.02. The van der Waals surface area contributed by atoms with Crippen LogP contribution in [0.1, 0.15) is 26.2 Å². The first-order valence-corrected chi connectivity index (χ1v) is 6.21. The topological polar surface area (TPSA) is 32.3 Å². The molecule has 1 atom stereocenters. The van der Waals surface area contributed by atoms with Crippen molar-refractivity contribution in [2.45, 2.75) is 36.3 Å². The normalized spacial score (nSPS) is 32.1. The number of likely N-dealkylation sites (tertiary alicyclic amines) is 1. The lowest BCUT2D eigenvalue weighted by Gasteiger charge is -2.36. The lowest BCUT2D eigenvalue weighted by Crippen LogP contribution is -2.48. The molecule has 4 heteroatoms. The van der Waals surface area contributed by atoms with Gasteiger partial charge in [-0.25, -0.2) is 0 Å². The zero-order valence-electron chi connectivity index (χ0n) is 8.88. The van der Waals surface area contributed by atoms with Gasteiger partial charge in [0.05, 0.1) is 10.1 Å². The third-order valence-electron chi connectivity index (χ3n) is 3.18. The van der Waals surface area contributed by atoms with Gasteiger partial charge in [0.25, 0.3) is 0 Å². The van der Waals surface area contributed by atoms with Crippen LogP contribution in [-0.4, -0.2) is 41.1 Å². The molecule has 2 heterocycles. The average molecular weight is 216 g/mol. The van der Waals surface area contributed by atoms with Crippen LogP contribution in [0, 0.1) is 0 Å². The number of nitrogens with zero attached hydrogens (tertiary/aromatic N) is 1. The Morgan fingerprint density at radius 3 is 2.71 bits per heavy atom. The monoisotopic (exact) mass is 216 g/mol. The summed E-state index contributed by atoms with van der Waals surface area (Å²) >= 11 is 1.86. The molecule has 0 saturated carbocycles. The van der Waals surface area contributed by atoms with Gasteiger partial charge in [-0.15, -0.1) is 11.8 Å². The molecule has 2 rings (SSSR count). The maximum absolute atomic E-state index is 11.6. The molecule has 0 aromatic rings. The third kappa shape index (κ3) is 1.77. The summed E-state index contributed by atoms with van der Waals surface area (Å²) < 4.78 is 0. The van der Waals surface area contributed by atoms with Gasteiger partial charge in [-0.05, 0) is 26.3 Å². The molecular formula is C10H18N2OS. The fourth-order valence-electron chi connectivity index (χ4n) is 2.15. The molecule has 0 aliphatic carbocycles. The van der Waals surface area contributed by atoms with Gasteiger partial charge in [-0.1, -0.05) is 6.92 Å². The second-order valence-electron chi connectivity index (χ2n) is 4.30. The minimum atomic E-state index is 0.0737. The minimum absolute atomic E-state index is 0.0737. The van der Waals surface area contributed by atoms with Crippen molar-refractivity contribution >= 4 is 17.7 Å². The van der Waals surface area contributed by atoms with Crippen LogP contribution in [0.2, 0.25) is 0 Å². The molecule has 0 aromatic carbocycles. The highest BCUT2D eigenvalue weighted by Gasteiger charge is 2.45. The SMILES string of the molecule is C[14CH2][C@@H]1SC2(CCN(C)CC2)NC1=O. The smallest absolute Gasteiger partial charge is 0.234 e. The van der Waals surface area contributed by atoms with E-state index in [1.54, 1.807) is 0 Å². The Bertz CT molecular complexity index is 236. The number of hydrogen-bond donors (Lipinski definition) is 1. The molecule has 0 aromatic heterocycles. The van der Waals surface area contributed by atoms with Gasteiger partial charge in [-0.3, -0.25) is 4.79 Å². The summed E-state index contributed by atoms with van der Waals surface area (Å²) in [5.74, 6) is 0.252. The van der Waals surface area contributed by atoms with E-state index in [9.17, 15) is 4.79 Å². The van der Waals surface area contributed by atoms with Crippen LogP contribution >= 0.6 is 11.8 Å². The van der Waals surface area contributed by atoms with Gasteiger partial charge in [-0.2, -0.15) is 0 Å². The van der Waals surface area contributed by atoms with Crippen LogP contribution in [0.25, 0.3) is 0 Å². The van der Waals surface area contributed by atoms with E-state index >= 15 is 0 Å². The summed E-state index contributed by atoms with van der Waals surface area (Å²) in [5.41, 5.74) is 0. The molecule has 2 aliphatic rings. The molecule has 3 nitrogen and oxygen atoms in total. The third-order valence-corrected chi connectivity index (χ3v) is 4.97. The first-order chi connectivity index (χ1) is 6.65. The Balaban J connectivity index is 2.02. The molecule has 0 bridgehead atoms. The van der Waals surface area contributed by atoms with Crippen LogP contribution in [0.5, 0.6) is 0 Å². The van der Waals surface area contributed by atoms with Gasteiger partial charge >= 0.3 is 0 Å². The lowest BCUT2D eigenvalue weighted by molar-refractivity contribution is -0.120. The van der Waals surface area contributed by atoms with E-state index in [1.807, 2.05) is 11.8 Å². The van der Waals surface area contributed by atoms with Gasteiger partial charge in [0, 0.05) is 13.1 Å². The maximum Gasteiger partial charge on any atom is 0.234 e. The van der Waals surface area contributed by atoms with Crippen LogP contribution in [-0.2, 0) is 4.79 Å². The van der Waals surface area contributed by atoms with Crippen molar-refractivity contribution in [3.8, 4) is 0 Å². The predicted octanol–water partition coefficient (Wildman–Crippen LogP) is 1.05. The summed E-state index contributed by atoms with van der Waals surface area (Å²) in [4.78, 5) is 14.0. The first-order valence-electron chi connectivity index (χ1n) is 5.33. The summed E-state index contributed by atoms with van der Waals surface area (Å²) in [6.45, 7) is 4.29. The molecule has 0 unspecified atom stereocenters. The molecule has 14 heavy (non-hydrogen) atoms. The second kappa shape index (κ2) is 3.74. The Kier molecular flexibility index (Phi) is 2.75. The number of amides is 1. The Hall–Kier alpha value is -0.220. The standard InChI is InChI=1S/C10H18N2OS/c1-3-8-9(13)11-10(14-8)4-6-12(2)7-5-10/h8H,3-7H2,1-2H3,(H,11,13)/t8-/m0/s1/i3+2. The number of carbonyl (C=O) groups excluding carboxylic acids is 1. The highest BCUT2D eigenvalue weighted by atomic mass is 32.2. The van der Waals surface area contributed by atoms with Crippen molar-refractivity contribution in [3.05, 3.63) is 0 Å². The molecule has 2 fully saturated rings. The molecule has 1 amide bonds. The van der Waals surface area contributed by atoms with Crippen LogP contribution in [0.3, 0.4) is 0 Å². The van der Waals surface area contributed by atoms with Crippen LogP contribution in [0.15, 0.2) is 0 Å². The molecule has 0 radical (unpaired) electrons. The summed E-state index contributed by atoms with van der Waals surface area (Å²) in [7, 11) is 2.14. The van der Waals surface area contributed by atoms with Gasteiger partial charge in [0.1, 0.15) is 0 Å². The number of piperidine rings is 1. The largest absolute Gasteiger partial charge is 0.341 e. The number of thioether (sulfide) groups is 1. The zero-order chi connectivity index (χ0) is 10.2. The molecule has 2 aliphatic heterocycles. The molecule has 1 N–H and O–H groups in total. The van der Waals surface area contributed by atoms with Crippen molar-refractivity contribution in [2.24, 2.45) is 0 Å². The lowest BCUT2D eigenvalue weighted by atomic mass is 10.0. The van der Waals surface area contributed by atoms with Gasteiger partial charge in [0.15, 0.2) is 0 Å². The number of nitrogens with one attached hydrogen (secondary N) is 1. The summed E-state index contributed by atoms with van der Waals surface area (Å²) in [5, 5.41) is 3.38. The van der Waals surface area contributed by atoms with Crippen molar-refractivity contribution in [2.75, 3.05) is 20.1 Å². The predicted molar refractivity (Wildman–Crippen MR) is 59.3 cm³/mol. The van der Waals surface area contributed by atoms with Gasteiger partial charge < -0.3 is 10.2 Å². The van der Waals surface area contributed by atoms with Gasteiger partial charge in [0.2, 0.25) is 5.91 Å². The van der Waals surface area contributed by atoms with Crippen LogP contribution < -0.4 is 5.32 Å². The average Bonchev–Trinajstić information content (AvgIpc) is 2.49. The van der Waals surface area contributed by atoms with E-state index in [0.29, 0.717) is 0 Å². The Morgan fingerprint density at radius 2 is 2.21 bits per heavy atom. The second-order valence-corrected chi connectivity index (χ2v) is 5.89. The number of carbonyl (C=O) groups is 1. The van der Waals surface area contributed by atoms with E-state index in [2.05, 4.69) is 24.2 Å². The summed E-state index contributed by atoms with van der Waals surface area (Å²) in [6.07, 6.45) is 3.14. The van der Waals surface area contributed by atoms with E-state index in [1.165, 1.54) is 0 Å². The van der Waals surface area contributed by atoms with E-state index < -0.39 is 0 Å². The molecule has 80 valence electrons. The first kappa shape index (κ1) is 10.3. The maximum atomic E-state index is 11.6. The fraction of sp³-hybridized carbons (Fsp3) is 0.900. The van der Waals surface area contributed by atoms with E-state index in [4.69, 9.17) is 0 Å². The number of rotatable bonds is 1. The number of hydrogen-bond acceptors (Lipinski definition) is 3. The highest BCUT2D eigenvalue weighted by Crippen LogP contribution is 2.41. The van der Waals surface area contributed by atoms with Crippen LogP contribution in [0.4, 0.5) is 0 Å². The van der Waals surface area contributed by atoms with Crippen molar-refractivity contribution in [3.63, 3.8) is 0 Å². The van der Waals surface area contributed by atoms with E-state index in [-0.39, 0.29) is 16.0 Å². The van der Waals surface area contributed by atoms with E-state index in [0.717, 1.165) is 32.4 Å². The quantitative estimate of drug-likeness (QED) is 0.711. The fourth-order valence-corrected chi connectivity index (χ4v) is 3.61. The Morgan fingerprint density at radius 1 is 1.57 bits per heavy atom. The minimum Gasteiger partial charge on any atom is -0.341 e. The Labute approximate surface area is 89.6 Å². The van der Waals surface area contributed by atoms with Crippen molar-refractivity contribution in [1.82, 2.24) is 10.2 Å². The zero-order valence-corrected chi connectivity index (χ0v) is 9.69. The van der Waals surface area contributed by atoms with Crippen molar-refractivity contribution in [1.29, 1.82) is 0 Å².